The smallest absolute Gasteiger partial charge is 0.0982 e. The lowest BCUT2D eigenvalue weighted by molar-refractivity contribution is 0.578. The third-order valence-corrected chi connectivity index (χ3v) is 4.30. The molecule has 2 aromatic rings. The number of nitrogens with one attached hydrogen (secondary N) is 1. The topological polar surface area (TPSA) is 42.7 Å². The minimum Gasteiger partial charge on any atom is -0.311 e. The van der Waals surface area contributed by atoms with Crippen molar-refractivity contribution in [1.82, 2.24) is 20.1 Å². The molecule has 0 aliphatic rings. The Labute approximate surface area is 118 Å². The standard InChI is InChI=1S/C14H22N4S/c1-14(2,3)13-17-11(10-19-13)9-15-7-5-12-6-8-16-18(12)4/h6,8,10,15H,5,7,9H2,1-4H3. The summed E-state index contributed by atoms with van der Waals surface area (Å²) >= 11 is 1.75. The van der Waals surface area contributed by atoms with Crippen molar-refractivity contribution in [1.29, 1.82) is 0 Å². The average Bonchev–Trinajstić information content (AvgIpc) is 2.93. The fourth-order valence-electron chi connectivity index (χ4n) is 1.81. The van der Waals surface area contributed by atoms with Gasteiger partial charge in [-0.05, 0) is 6.07 Å². The zero-order valence-corrected chi connectivity index (χ0v) is 12.9. The van der Waals surface area contributed by atoms with Crippen LogP contribution in [0.15, 0.2) is 17.6 Å². The van der Waals surface area contributed by atoms with Crippen LogP contribution >= 0.6 is 11.3 Å². The first-order valence-corrected chi connectivity index (χ1v) is 7.47. The molecule has 5 heteroatoms. The minimum atomic E-state index is 0.150. The van der Waals surface area contributed by atoms with E-state index < -0.39 is 0 Å². The van der Waals surface area contributed by atoms with Crippen molar-refractivity contribution in [2.24, 2.45) is 7.05 Å². The summed E-state index contributed by atoms with van der Waals surface area (Å²) in [5.41, 5.74) is 2.54. The molecule has 104 valence electrons. The first-order valence-electron chi connectivity index (χ1n) is 6.59. The van der Waals surface area contributed by atoms with Crippen LogP contribution in [-0.2, 0) is 25.4 Å². The van der Waals surface area contributed by atoms with Crippen LogP contribution < -0.4 is 5.32 Å². The van der Waals surface area contributed by atoms with E-state index in [0.717, 1.165) is 25.2 Å². The average molecular weight is 278 g/mol. The highest BCUT2D eigenvalue weighted by Crippen LogP contribution is 2.25. The molecule has 1 N–H and O–H groups in total. The number of hydrogen-bond acceptors (Lipinski definition) is 4. The van der Waals surface area contributed by atoms with Crippen molar-refractivity contribution in [3.63, 3.8) is 0 Å². The molecule has 4 nitrogen and oxygen atoms in total. The first kappa shape index (κ1) is 14.2. The van der Waals surface area contributed by atoms with Crippen LogP contribution in [0.3, 0.4) is 0 Å². The van der Waals surface area contributed by atoms with Gasteiger partial charge in [-0.1, -0.05) is 20.8 Å². The Bertz CT molecular complexity index is 522. The van der Waals surface area contributed by atoms with Crippen molar-refractivity contribution < 1.29 is 0 Å². The molecule has 19 heavy (non-hydrogen) atoms. The molecule has 2 heterocycles. The van der Waals surface area contributed by atoms with Crippen molar-refractivity contribution >= 4 is 11.3 Å². The van der Waals surface area contributed by atoms with E-state index in [0.29, 0.717) is 0 Å². The van der Waals surface area contributed by atoms with Gasteiger partial charge in [-0.15, -0.1) is 11.3 Å². The maximum atomic E-state index is 4.67. The molecule has 0 saturated heterocycles. The Morgan fingerprint density at radius 3 is 2.74 bits per heavy atom. The molecular weight excluding hydrogens is 256 g/mol. The lowest BCUT2D eigenvalue weighted by Crippen LogP contribution is -2.18. The number of nitrogens with zero attached hydrogens (tertiary/aromatic N) is 3. The van der Waals surface area contributed by atoms with Gasteiger partial charge in [0.25, 0.3) is 0 Å². The van der Waals surface area contributed by atoms with E-state index in [2.05, 4.69) is 47.6 Å². The van der Waals surface area contributed by atoms with Crippen LogP contribution in [0.5, 0.6) is 0 Å². The van der Waals surface area contributed by atoms with Crippen molar-refractivity contribution in [2.75, 3.05) is 6.54 Å². The van der Waals surface area contributed by atoms with Gasteiger partial charge in [0.2, 0.25) is 0 Å². The predicted molar refractivity (Wildman–Crippen MR) is 79.4 cm³/mol. The second-order valence-electron chi connectivity index (χ2n) is 5.77. The third-order valence-electron chi connectivity index (χ3n) is 2.98. The van der Waals surface area contributed by atoms with Crippen molar-refractivity contribution in [3.05, 3.63) is 34.0 Å². The van der Waals surface area contributed by atoms with Gasteiger partial charge in [0.05, 0.1) is 10.7 Å². The molecule has 0 aromatic carbocycles. The quantitative estimate of drug-likeness (QED) is 0.855. The lowest BCUT2D eigenvalue weighted by atomic mass is 9.98. The van der Waals surface area contributed by atoms with E-state index >= 15 is 0 Å². The second kappa shape index (κ2) is 5.84. The summed E-state index contributed by atoms with van der Waals surface area (Å²) in [5, 5.41) is 11.0. The van der Waals surface area contributed by atoms with Crippen molar-refractivity contribution in [2.45, 2.75) is 39.2 Å². The third kappa shape index (κ3) is 3.88. The molecule has 0 saturated carbocycles. The zero-order chi connectivity index (χ0) is 13.9. The molecule has 0 unspecified atom stereocenters. The van der Waals surface area contributed by atoms with E-state index in [1.807, 2.05) is 17.9 Å². The molecule has 0 amide bonds. The van der Waals surface area contributed by atoms with E-state index in [9.17, 15) is 0 Å². The van der Waals surface area contributed by atoms with Gasteiger partial charge < -0.3 is 5.32 Å². The summed E-state index contributed by atoms with van der Waals surface area (Å²) in [6, 6.07) is 2.06. The second-order valence-corrected chi connectivity index (χ2v) is 6.63. The first-order chi connectivity index (χ1) is 8.97. The summed E-state index contributed by atoms with van der Waals surface area (Å²) < 4.78 is 1.92. The summed E-state index contributed by atoms with van der Waals surface area (Å²) in [4.78, 5) is 4.67. The van der Waals surface area contributed by atoms with E-state index in [4.69, 9.17) is 0 Å². The van der Waals surface area contributed by atoms with Crippen LogP contribution in [0.25, 0.3) is 0 Å². The van der Waals surface area contributed by atoms with Crippen LogP contribution in [0.2, 0.25) is 0 Å². The monoisotopic (exact) mass is 278 g/mol. The molecule has 0 aliphatic heterocycles. The number of aromatic nitrogens is 3. The van der Waals surface area contributed by atoms with Gasteiger partial charge >= 0.3 is 0 Å². The Hall–Kier alpha value is -1.20. The highest BCUT2D eigenvalue weighted by molar-refractivity contribution is 7.09. The van der Waals surface area contributed by atoms with Gasteiger partial charge in [-0.25, -0.2) is 4.98 Å². The molecule has 0 radical (unpaired) electrons. The molecule has 2 rings (SSSR count). The summed E-state index contributed by atoms with van der Waals surface area (Å²) in [6.07, 6.45) is 2.83. The highest BCUT2D eigenvalue weighted by atomic mass is 32.1. The Balaban J connectivity index is 1.77. The van der Waals surface area contributed by atoms with Gasteiger partial charge in [-0.3, -0.25) is 4.68 Å². The fourth-order valence-corrected chi connectivity index (χ4v) is 2.72. The molecule has 2 aromatic heterocycles. The normalized spacial score (nSPS) is 12.0. The Morgan fingerprint density at radius 1 is 1.37 bits per heavy atom. The van der Waals surface area contributed by atoms with E-state index in [1.165, 1.54) is 10.7 Å². The summed E-state index contributed by atoms with van der Waals surface area (Å²) in [5.74, 6) is 0. The summed E-state index contributed by atoms with van der Waals surface area (Å²) in [6.45, 7) is 8.38. The number of thiazole rings is 1. The van der Waals surface area contributed by atoms with Crippen LogP contribution in [-0.4, -0.2) is 21.3 Å². The van der Waals surface area contributed by atoms with Gasteiger partial charge in [0, 0.05) is 49.2 Å². The van der Waals surface area contributed by atoms with Crippen LogP contribution in [0, 0.1) is 0 Å². The van der Waals surface area contributed by atoms with E-state index in [-0.39, 0.29) is 5.41 Å². The maximum absolute atomic E-state index is 4.67. The zero-order valence-electron chi connectivity index (χ0n) is 12.1. The van der Waals surface area contributed by atoms with Gasteiger partial charge in [-0.2, -0.15) is 5.10 Å². The molecule has 0 aliphatic carbocycles. The van der Waals surface area contributed by atoms with Crippen LogP contribution in [0.1, 0.15) is 37.2 Å². The predicted octanol–water partition coefficient (Wildman–Crippen LogP) is 2.51. The molecule has 0 spiro atoms. The Kier molecular flexibility index (Phi) is 4.37. The maximum Gasteiger partial charge on any atom is 0.0982 e. The number of aryl methyl sites for hydroxylation is 1. The largest absolute Gasteiger partial charge is 0.311 e. The molecule has 0 atom stereocenters. The van der Waals surface area contributed by atoms with E-state index in [1.54, 1.807) is 11.3 Å². The van der Waals surface area contributed by atoms with Crippen molar-refractivity contribution in [3.8, 4) is 0 Å². The lowest BCUT2D eigenvalue weighted by Gasteiger charge is -2.13. The molecule has 0 fully saturated rings. The van der Waals surface area contributed by atoms with Gasteiger partial charge in [0.15, 0.2) is 0 Å². The summed E-state index contributed by atoms with van der Waals surface area (Å²) in [7, 11) is 1.98. The van der Waals surface area contributed by atoms with Gasteiger partial charge in [0.1, 0.15) is 0 Å². The minimum absolute atomic E-state index is 0.150. The molecule has 0 bridgehead atoms. The highest BCUT2D eigenvalue weighted by Gasteiger charge is 2.17. The Morgan fingerprint density at radius 2 is 2.16 bits per heavy atom. The van der Waals surface area contributed by atoms with Crippen LogP contribution in [0.4, 0.5) is 0 Å². The fraction of sp³-hybridized carbons (Fsp3) is 0.571. The SMILES string of the molecule is Cn1nccc1CCNCc1csc(C(C)(C)C)n1. The number of hydrogen-bond donors (Lipinski definition) is 1. The molecular formula is C14H22N4S. The number of rotatable bonds is 5.